The number of aryl methyl sites for hydroxylation is 2. The van der Waals surface area contributed by atoms with Crippen molar-refractivity contribution in [3.8, 4) is 11.4 Å². The maximum absolute atomic E-state index is 12.6. The van der Waals surface area contributed by atoms with Crippen LogP contribution < -0.4 is 9.64 Å². The highest BCUT2D eigenvalue weighted by Crippen LogP contribution is 2.35. The number of amides is 1. The molecule has 0 saturated heterocycles. The second kappa shape index (κ2) is 9.93. The first kappa shape index (κ1) is 23.3. The van der Waals surface area contributed by atoms with Crippen LogP contribution >= 0.6 is 11.3 Å². The molecule has 7 nitrogen and oxygen atoms in total. The molecule has 0 aliphatic heterocycles. The van der Waals surface area contributed by atoms with Crippen molar-refractivity contribution in [3.05, 3.63) is 88.7 Å². The summed E-state index contributed by atoms with van der Waals surface area (Å²) in [5, 5.41) is 2.25. The van der Waals surface area contributed by atoms with Crippen molar-refractivity contribution in [1.82, 2.24) is 9.55 Å². The maximum atomic E-state index is 12.6. The van der Waals surface area contributed by atoms with Crippen LogP contribution in [0.4, 0.5) is 10.8 Å². The van der Waals surface area contributed by atoms with Crippen LogP contribution in [0.5, 0.6) is 5.75 Å². The normalized spacial score (nSPS) is 10.7. The van der Waals surface area contributed by atoms with Crippen molar-refractivity contribution < 1.29 is 19.1 Å². The number of methoxy groups -OCH3 is 1. The molecule has 34 heavy (non-hydrogen) atoms. The minimum Gasteiger partial charge on any atom is -0.495 e. The molecular weight excluding hydrogens is 450 g/mol. The third-order valence-corrected chi connectivity index (χ3v) is 6.23. The summed E-state index contributed by atoms with van der Waals surface area (Å²) in [6.07, 6.45) is 0. The number of carbonyl (C=O) groups is 2. The Balaban J connectivity index is 1.45. The summed E-state index contributed by atoms with van der Waals surface area (Å²) in [6.45, 7) is 5.55. The molecule has 0 unspecified atom stereocenters. The average Bonchev–Trinajstić information content (AvgIpc) is 3.43. The van der Waals surface area contributed by atoms with E-state index in [4.69, 9.17) is 9.47 Å². The predicted octanol–water partition coefficient (Wildman–Crippen LogP) is 5.60. The van der Waals surface area contributed by atoms with Gasteiger partial charge in [-0.15, -0.1) is 11.3 Å². The summed E-state index contributed by atoms with van der Waals surface area (Å²) in [5.74, 6) is -0.0690. The van der Waals surface area contributed by atoms with Gasteiger partial charge in [0.2, 0.25) is 5.91 Å². The molecule has 0 aliphatic carbocycles. The lowest BCUT2D eigenvalue weighted by molar-refractivity contribution is -0.115. The van der Waals surface area contributed by atoms with Gasteiger partial charge in [0.15, 0.2) is 5.13 Å². The Morgan fingerprint density at radius 3 is 2.32 bits per heavy atom. The second-order valence-electron chi connectivity index (χ2n) is 7.72. The SMILES string of the molecule is COc1ccccc1N(C(C)=O)c1nc(COC(=O)c2ccc(-n3c(C)ccc3C)cc2)cs1. The molecule has 8 heteroatoms. The summed E-state index contributed by atoms with van der Waals surface area (Å²) in [6, 6.07) is 18.7. The molecule has 0 saturated carbocycles. The molecule has 4 aromatic rings. The van der Waals surface area contributed by atoms with Crippen LogP contribution in [0, 0.1) is 13.8 Å². The fourth-order valence-corrected chi connectivity index (χ4v) is 4.60. The Labute approximate surface area is 202 Å². The number of aromatic nitrogens is 2. The first-order valence-electron chi connectivity index (χ1n) is 10.7. The molecule has 0 N–H and O–H groups in total. The molecular formula is C26H25N3O4S. The van der Waals surface area contributed by atoms with E-state index >= 15 is 0 Å². The van der Waals surface area contributed by atoms with Gasteiger partial charge in [-0.05, 0) is 62.4 Å². The number of anilines is 2. The Morgan fingerprint density at radius 1 is 1.00 bits per heavy atom. The monoisotopic (exact) mass is 475 g/mol. The van der Waals surface area contributed by atoms with E-state index in [0.717, 1.165) is 17.1 Å². The van der Waals surface area contributed by atoms with E-state index in [9.17, 15) is 9.59 Å². The number of thiazole rings is 1. The van der Waals surface area contributed by atoms with Crippen LogP contribution in [0.25, 0.3) is 5.69 Å². The van der Waals surface area contributed by atoms with Crippen molar-refractivity contribution in [3.63, 3.8) is 0 Å². The van der Waals surface area contributed by atoms with Crippen LogP contribution in [0.2, 0.25) is 0 Å². The van der Waals surface area contributed by atoms with E-state index in [-0.39, 0.29) is 12.5 Å². The first-order valence-corrected chi connectivity index (χ1v) is 11.6. The van der Waals surface area contributed by atoms with Crippen molar-refractivity contribution in [2.45, 2.75) is 27.4 Å². The van der Waals surface area contributed by atoms with Gasteiger partial charge in [-0.2, -0.15) is 0 Å². The maximum Gasteiger partial charge on any atom is 0.338 e. The van der Waals surface area contributed by atoms with Crippen molar-refractivity contribution >= 4 is 34.0 Å². The quantitative estimate of drug-likeness (QED) is 0.325. The highest BCUT2D eigenvalue weighted by Gasteiger charge is 2.21. The number of benzene rings is 2. The van der Waals surface area contributed by atoms with Gasteiger partial charge in [0.1, 0.15) is 12.4 Å². The van der Waals surface area contributed by atoms with E-state index in [0.29, 0.717) is 27.8 Å². The average molecular weight is 476 g/mol. The topological polar surface area (TPSA) is 73.7 Å². The number of hydrogen-bond donors (Lipinski definition) is 0. The molecule has 2 heterocycles. The largest absolute Gasteiger partial charge is 0.495 e. The number of carbonyl (C=O) groups excluding carboxylic acids is 2. The molecule has 0 fully saturated rings. The smallest absolute Gasteiger partial charge is 0.338 e. The zero-order valence-electron chi connectivity index (χ0n) is 19.4. The van der Waals surface area contributed by atoms with Crippen LogP contribution in [-0.4, -0.2) is 28.5 Å². The highest BCUT2D eigenvalue weighted by molar-refractivity contribution is 7.14. The molecule has 0 bridgehead atoms. The molecule has 174 valence electrons. The number of nitrogens with zero attached hydrogens (tertiary/aromatic N) is 3. The van der Waals surface area contributed by atoms with E-state index in [2.05, 4.69) is 21.7 Å². The molecule has 2 aromatic carbocycles. The van der Waals surface area contributed by atoms with Crippen LogP contribution in [-0.2, 0) is 16.1 Å². The first-order chi connectivity index (χ1) is 16.4. The second-order valence-corrected chi connectivity index (χ2v) is 8.56. The molecule has 0 radical (unpaired) electrons. The van der Waals surface area contributed by atoms with Gasteiger partial charge in [0, 0.05) is 29.4 Å². The molecule has 4 rings (SSSR count). The van der Waals surface area contributed by atoms with Crippen LogP contribution in [0.1, 0.15) is 34.4 Å². The molecule has 0 spiro atoms. The van der Waals surface area contributed by atoms with E-state index in [1.807, 2.05) is 38.1 Å². The lowest BCUT2D eigenvalue weighted by Gasteiger charge is -2.20. The number of ether oxygens (including phenoxy) is 2. The summed E-state index contributed by atoms with van der Waals surface area (Å²) < 4.78 is 13.0. The third kappa shape index (κ3) is 4.72. The summed E-state index contributed by atoms with van der Waals surface area (Å²) in [7, 11) is 1.55. The van der Waals surface area contributed by atoms with Gasteiger partial charge >= 0.3 is 5.97 Å². The molecule has 2 aromatic heterocycles. The number of hydrogen-bond acceptors (Lipinski definition) is 6. The van der Waals surface area contributed by atoms with Crippen molar-refractivity contribution in [1.29, 1.82) is 0 Å². The number of rotatable bonds is 7. The minimum atomic E-state index is -0.435. The van der Waals surface area contributed by atoms with E-state index in [1.54, 1.807) is 36.8 Å². The third-order valence-electron chi connectivity index (χ3n) is 5.36. The molecule has 0 aliphatic rings. The van der Waals surface area contributed by atoms with Gasteiger partial charge in [-0.25, -0.2) is 9.78 Å². The zero-order valence-corrected chi connectivity index (χ0v) is 20.3. The van der Waals surface area contributed by atoms with Crippen LogP contribution in [0.3, 0.4) is 0 Å². The molecule has 1 amide bonds. The van der Waals surface area contributed by atoms with Crippen LogP contribution in [0.15, 0.2) is 66.0 Å². The van der Waals surface area contributed by atoms with Crippen molar-refractivity contribution in [2.24, 2.45) is 0 Å². The number of esters is 1. The highest BCUT2D eigenvalue weighted by atomic mass is 32.1. The minimum absolute atomic E-state index is 0.00453. The fourth-order valence-electron chi connectivity index (χ4n) is 3.73. The van der Waals surface area contributed by atoms with Crippen molar-refractivity contribution in [2.75, 3.05) is 12.0 Å². The predicted molar refractivity (Wildman–Crippen MR) is 132 cm³/mol. The Hall–Kier alpha value is -3.91. The lowest BCUT2D eigenvalue weighted by Crippen LogP contribution is -2.23. The standard InChI is InChI=1S/C26H25N3O4S/c1-17-9-10-18(2)28(17)22-13-11-20(12-14-22)25(31)33-15-21-16-34-26(27-21)29(19(3)30)23-7-5-6-8-24(23)32-4/h5-14,16H,15H2,1-4H3. The van der Waals surface area contributed by atoms with E-state index in [1.165, 1.54) is 23.2 Å². The lowest BCUT2D eigenvalue weighted by atomic mass is 10.2. The molecule has 0 atom stereocenters. The van der Waals surface area contributed by atoms with Gasteiger partial charge in [-0.1, -0.05) is 12.1 Å². The Morgan fingerprint density at radius 2 is 1.68 bits per heavy atom. The van der Waals surface area contributed by atoms with E-state index < -0.39 is 5.97 Å². The summed E-state index contributed by atoms with van der Waals surface area (Å²) in [4.78, 5) is 30.9. The van der Waals surface area contributed by atoms with Gasteiger partial charge in [0.05, 0.1) is 24.1 Å². The van der Waals surface area contributed by atoms with Gasteiger partial charge in [0.25, 0.3) is 0 Å². The summed E-state index contributed by atoms with van der Waals surface area (Å²) >= 11 is 1.29. The fraction of sp³-hybridized carbons (Fsp3) is 0.192. The zero-order chi connectivity index (χ0) is 24.2. The Bertz CT molecular complexity index is 1300. The van der Waals surface area contributed by atoms with Gasteiger partial charge in [-0.3, -0.25) is 9.69 Å². The van der Waals surface area contributed by atoms with Gasteiger partial charge < -0.3 is 14.0 Å². The summed E-state index contributed by atoms with van der Waals surface area (Å²) in [5.41, 5.74) is 4.86. The Kier molecular flexibility index (Phi) is 6.79. The number of para-hydroxylation sites is 2.